The zero-order valence-corrected chi connectivity index (χ0v) is 25.4. The van der Waals surface area contributed by atoms with Crippen molar-refractivity contribution >= 4 is 31.4 Å². The predicted molar refractivity (Wildman–Crippen MR) is 159 cm³/mol. The van der Waals surface area contributed by atoms with E-state index in [4.69, 9.17) is 14.2 Å². The fourth-order valence-corrected chi connectivity index (χ4v) is 5.98. The maximum Gasteiger partial charge on any atom is 0.397 e. The standard InChI is InChI=1S/C31H32NO13P/c1-20(32(18-26(33)34)27(35)30(28(36)37)19-43-31(45-30,29(38)39)46(40,41)42)25(17-12-21-8-4-2-5-9-21)22-13-15-24(16-14-22)44-23-10-6-3-7-11-23/h2-11,13-16,20,25H,12,17-19H2,1H3,(H,33,34)(H,36,37)(H,38,39)(H2,40,41,42). The summed E-state index contributed by atoms with van der Waals surface area (Å²) < 4.78 is 27.6. The molecule has 0 spiro atoms. The van der Waals surface area contributed by atoms with Crippen molar-refractivity contribution in [1.82, 2.24) is 4.90 Å². The van der Waals surface area contributed by atoms with Crippen LogP contribution in [0.3, 0.4) is 0 Å². The van der Waals surface area contributed by atoms with Crippen LogP contribution in [0.25, 0.3) is 0 Å². The van der Waals surface area contributed by atoms with Crippen LogP contribution >= 0.6 is 7.60 Å². The lowest BCUT2D eigenvalue weighted by Crippen LogP contribution is -2.60. The van der Waals surface area contributed by atoms with Gasteiger partial charge in [-0.2, -0.15) is 0 Å². The molecule has 46 heavy (non-hydrogen) atoms. The Hall–Kier alpha value is -4.59. The summed E-state index contributed by atoms with van der Waals surface area (Å²) in [7, 11) is -5.89. The van der Waals surface area contributed by atoms with Gasteiger partial charge in [-0.1, -0.05) is 60.7 Å². The summed E-state index contributed by atoms with van der Waals surface area (Å²) in [5, 5.41) is 29.4. The molecular weight excluding hydrogens is 625 g/mol. The highest BCUT2D eigenvalue weighted by Gasteiger charge is 2.72. The molecule has 1 aliphatic heterocycles. The average Bonchev–Trinajstić information content (AvgIpc) is 3.46. The minimum Gasteiger partial charge on any atom is -0.480 e. The van der Waals surface area contributed by atoms with E-state index in [1.807, 2.05) is 48.5 Å². The molecule has 5 N–H and O–H groups in total. The number of benzene rings is 3. The van der Waals surface area contributed by atoms with E-state index in [-0.39, 0.29) is 0 Å². The first-order chi connectivity index (χ1) is 21.7. The van der Waals surface area contributed by atoms with Crippen molar-refractivity contribution in [2.75, 3.05) is 13.2 Å². The van der Waals surface area contributed by atoms with Crippen molar-refractivity contribution in [1.29, 1.82) is 0 Å². The summed E-state index contributed by atoms with van der Waals surface area (Å²) in [5.41, 5.74) is -5.53. The minimum atomic E-state index is -5.89. The molecule has 1 fully saturated rings. The molecule has 3 aromatic rings. The first-order valence-electron chi connectivity index (χ1n) is 14.0. The average molecular weight is 658 g/mol. The van der Waals surface area contributed by atoms with Gasteiger partial charge in [0.25, 0.3) is 11.5 Å². The molecule has 0 radical (unpaired) electrons. The number of amides is 1. The topological polar surface area (TPSA) is 217 Å². The lowest BCUT2D eigenvalue weighted by molar-refractivity contribution is -0.199. The van der Waals surface area contributed by atoms with E-state index in [9.17, 15) is 48.8 Å². The van der Waals surface area contributed by atoms with Crippen LogP contribution in [-0.4, -0.2) is 84.1 Å². The van der Waals surface area contributed by atoms with Gasteiger partial charge >= 0.3 is 31.0 Å². The van der Waals surface area contributed by atoms with Crippen LogP contribution in [0.15, 0.2) is 84.9 Å². The Morgan fingerprint density at radius 2 is 1.43 bits per heavy atom. The van der Waals surface area contributed by atoms with Crippen LogP contribution in [0.2, 0.25) is 0 Å². The van der Waals surface area contributed by atoms with E-state index >= 15 is 0 Å². The van der Waals surface area contributed by atoms with E-state index < -0.39 is 67.7 Å². The van der Waals surface area contributed by atoms with Gasteiger partial charge in [0.1, 0.15) is 24.7 Å². The summed E-state index contributed by atoms with van der Waals surface area (Å²) in [6, 6.07) is 24.0. The molecule has 1 aliphatic rings. The number of carboxylic acids is 3. The van der Waals surface area contributed by atoms with Gasteiger partial charge in [-0.25, -0.2) is 9.59 Å². The summed E-state index contributed by atoms with van der Waals surface area (Å²) in [6.07, 6.45) is 0.809. The van der Waals surface area contributed by atoms with E-state index in [1.54, 1.807) is 36.4 Å². The minimum absolute atomic E-state index is 0.340. The molecule has 0 saturated carbocycles. The van der Waals surface area contributed by atoms with E-state index in [2.05, 4.69) is 0 Å². The number of aliphatic carboxylic acids is 3. The van der Waals surface area contributed by atoms with Crippen molar-refractivity contribution < 1.29 is 63.1 Å². The molecule has 14 nitrogen and oxygen atoms in total. The smallest absolute Gasteiger partial charge is 0.397 e. The molecule has 244 valence electrons. The molecule has 0 aromatic heterocycles. The number of para-hydroxylation sites is 1. The van der Waals surface area contributed by atoms with Crippen LogP contribution in [0.1, 0.15) is 30.4 Å². The monoisotopic (exact) mass is 657 g/mol. The van der Waals surface area contributed by atoms with Gasteiger partial charge in [0.05, 0.1) is 0 Å². The van der Waals surface area contributed by atoms with E-state index in [0.717, 1.165) is 5.56 Å². The molecule has 4 unspecified atom stereocenters. The summed E-state index contributed by atoms with van der Waals surface area (Å²) in [6.45, 7) is -0.975. The molecule has 1 saturated heterocycles. The second-order valence-electron chi connectivity index (χ2n) is 10.6. The number of carbonyl (C=O) groups excluding carboxylic acids is 1. The lowest BCUT2D eigenvalue weighted by atomic mass is 9.85. The summed E-state index contributed by atoms with van der Waals surface area (Å²) in [5.74, 6) is -7.13. The quantitative estimate of drug-likeness (QED) is 0.124. The maximum absolute atomic E-state index is 14.0. The Bertz CT molecular complexity index is 1610. The number of aryl methyl sites for hydroxylation is 1. The number of hydrogen-bond acceptors (Lipinski definition) is 8. The summed E-state index contributed by atoms with van der Waals surface area (Å²) >= 11 is 0. The van der Waals surface area contributed by atoms with Gasteiger partial charge in [0, 0.05) is 12.0 Å². The third kappa shape index (κ3) is 7.11. The Balaban J connectivity index is 1.72. The Kier molecular flexibility index (Phi) is 10.3. The molecule has 4 rings (SSSR count). The molecule has 4 atom stereocenters. The highest BCUT2D eigenvalue weighted by atomic mass is 31.2. The zero-order chi connectivity index (χ0) is 33.7. The molecule has 1 heterocycles. The number of carbonyl (C=O) groups is 4. The third-order valence-electron chi connectivity index (χ3n) is 7.64. The van der Waals surface area contributed by atoms with Gasteiger partial charge in [-0.05, 0) is 55.2 Å². The number of carboxylic acid groups (broad SMARTS) is 3. The number of nitrogens with zero attached hydrogens (tertiary/aromatic N) is 1. The van der Waals surface area contributed by atoms with E-state index in [0.29, 0.717) is 34.8 Å². The van der Waals surface area contributed by atoms with Crippen LogP contribution in [0.5, 0.6) is 11.5 Å². The lowest BCUT2D eigenvalue weighted by Gasteiger charge is -2.38. The predicted octanol–water partition coefficient (Wildman–Crippen LogP) is 3.28. The van der Waals surface area contributed by atoms with Crippen LogP contribution in [0.4, 0.5) is 0 Å². The second kappa shape index (κ2) is 13.8. The Morgan fingerprint density at radius 3 is 1.93 bits per heavy atom. The van der Waals surface area contributed by atoms with E-state index in [1.165, 1.54) is 6.92 Å². The van der Waals surface area contributed by atoms with Crippen molar-refractivity contribution in [3.05, 3.63) is 96.1 Å². The van der Waals surface area contributed by atoms with Gasteiger partial charge in [-0.15, -0.1) is 0 Å². The fraction of sp³-hybridized carbons (Fsp3) is 0.290. The highest BCUT2D eigenvalue weighted by molar-refractivity contribution is 7.54. The summed E-state index contributed by atoms with van der Waals surface area (Å²) in [4.78, 5) is 70.5. The third-order valence-corrected chi connectivity index (χ3v) is 8.82. The first kappa shape index (κ1) is 34.3. The Morgan fingerprint density at radius 1 is 0.870 bits per heavy atom. The highest BCUT2D eigenvalue weighted by Crippen LogP contribution is 2.57. The van der Waals surface area contributed by atoms with Crippen molar-refractivity contribution in [2.45, 2.75) is 42.9 Å². The van der Waals surface area contributed by atoms with Gasteiger partial charge in [-0.3, -0.25) is 14.2 Å². The molecule has 3 aromatic carbocycles. The number of ether oxygens (including phenoxy) is 3. The maximum atomic E-state index is 14.0. The van der Waals surface area contributed by atoms with Gasteiger partial charge < -0.3 is 44.2 Å². The largest absolute Gasteiger partial charge is 0.480 e. The molecule has 15 heteroatoms. The van der Waals surface area contributed by atoms with Crippen LogP contribution in [-0.2, 0) is 39.6 Å². The van der Waals surface area contributed by atoms with Crippen molar-refractivity contribution in [3.63, 3.8) is 0 Å². The van der Waals surface area contributed by atoms with Crippen LogP contribution < -0.4 is 4.74 Å². The normalized spacial score (nSPS) is 20.8. The SMILES string of the molecule is CC(C(CCc1ccccc1)c1ccc(Oc2ccccc2)cc1)N(CC(=O)O)C(=O)C1(C(=O)O)COC(C(=O)O)(P(=O)(O)O)O1. The Labute approximate surface area is 262 Å². The van der Waals surface area contributed by atoms with Gasteiger partial charge in [0.2, 0.25) is 0 Å². The van der Waals surface area contributed by atoms with Gasteiger partial charge in [0.15, 0.2) is 0 Å². The molecule has 0 aliphatic carbocycles. The van der Waals surface area contributed by atoms with Crippen LogP contribution in [0, 0.1) is 0 Å². The van der Waals surface area contributed by atoms with Crippen molar-refractivity contribution in [3.8, 4) is 11.5 Å². The molecule has 1 amide bonds. The first-order valence-corrected chi connectivity index (χ1v) is 15.6. The molecule has 0 bridgehead atoms. The molecular formula is C31H32NO13P. The zero-order valence-electron chi connectivity index (χ0n) is 24.5. The second-order valence-corrected chi connectivity index (χ2v) is 12.3. The van der Waals surface area contributed by atoms with Crippen molar-refractivity contribution in [2.24, 2.45) is 0 Å². The fourth-order valence-electron chi connectivity index (χ4n) is 5.23. The number of rotatable bonds is 14. The number of hydrogen-bond donors (Lipinski definition) is 5.